The highest BCUT2D eigenvalue weighted by atomic mass is 79.9. The molecular formula is C42H30Br2N6O6. The summed E-state index contributed by atoms with van der Waals surface area (Å²) in [5.41, 5.74) is 8.43. The van der Waals surface area contributed by atoms with E-state index in [1.807, 2.05) is 56.3 Å². The quantitative estimate of drug-likeness (QED) is 0.0717. The van der Waals surface area contributed by atoms with Crippen molar-refractivity contribution in [3.63, 3.8) is 0 Å². The summed E-state index contributed by atoms with van der Waals surface area (Å²) in [6.07, 6.45) is 7.39. The monoisotopic (exact) mass is 872 g/mol. The van der Waals surface area contributed by atoms with Gasteiger partial charge in [0.2, 0.25) is 29.2 Å². The van der Waals surface area contributed by atoms with Gasteiger partial charge in [-0.2, -0.15) is 15.2 Å². The number of nitrogens with zero attached hydrogens (tertiary/aromatic N) is 6. The minimum Gasteiger partial charge on any atom is -0.472 e. The average Bonchev–Trinajstić information content (AvgIpc) is 3.22. The van der Waals surface area contributed by atoms with Crippen molar-refractivity contribution < 1.29 is 28.5 Å². The molecule has 0 saturated heterocycles. The van der Waals surface area contributed by atoms with Gasteiger partial charge in [0.1, 0.15) is 32.5 Å². The molecule has 56 heavy (non-hydrogen) atoms. The van der Waals surface area contributed by atoms with Crippen LogP contribution in [0.4, 0.5) is 5.69 Å². The molecule has 12 nitrogen and oxygen atoms in total. The topological polar surface area (TPSA) is 151 Å². The molecule has 0 fully saturated rings. The number of aldehydes is 2. The number of aromatic nitrogens is 4. The molecule has 0 N–H and O–H groups in total. The van der Waals surface area contributed by atoms with E-state index < -0.39 is 0 Å². The van der Waals surface area contributed by atoms with E-state index in [2.05, 4.69) is 56.6 Å². The van der Waals surface area contributed by atoms with Gasteiger partial charge in [-0.15, -0.1) is 0 Å². The van der Waals surface area contributed by atoms with Gasteiger partial charge < -0.3 is 18.9 Å². The van der Waals surface area contributed by atoms with Gasteiger partial charge in [0, 0.05) is 30.4 Å². The van der Waals surface area contributed by atoms with Crippen LogP contribution in [0.1, 0.15) is 59.7 Å². The average molecular weight is 875 g/mol. The van der Waals surface area contributed by atoms with E-state index in [9.17, 15) is 14.9 Å². The van der Waals surface area contributed by atoms with Crippen molar-refractivity contribution in [3.05, 3.63) is 156 Å². The zero-order valence-corrected chi connectivity index (χ0v) is 33.1. The van der Waals surface area contributed by atoms with Crippen molar-refractivity contribution in [2.45, 2.75) is 40.3 Å². The SMILES string of the molecule is [C-]#[N+]c1cncc(COc2nc(OCc3cccc(-c4cccc(COc5nc(OCc6cncc(C#N)c6)c(C=O)cc5Br)c4C)c3C)c(Br)cc2C=O)c1. The van der Waals surface area contributed by atoms with Gasteiger partial charge in [0.15, 0.2) is 12.6 Å². The lowest BCUT2D eigenvalue weighted by atomic mass is 9.92. The lowest BCUT2D eigenvalue weighted by molar-refractivity contribution is 0.111. The molecule has 0 bridgehead atoms. The Morgan fingerprint density at radius 1 is 0.679 bits per heavy atom. The minimum absolute atomic E-state index is 0.0525. The molecule has 0 aliphatic rings. The van der Waals surface area contributed by atoms with E-state index in [1.165, 1.54) is 12.4 Å². The number of nitriles is 1. The summed E-state index contributed by atoms with van der Waals surface area (Å²) in [6, 6.07) is 20.5. The number of benzene rings is 2. The summed E-state index contributed by atoms with van der Waals surface area (Å²) in [7, 11) is 0. The van der Waals surface area contributed by atoms with Gasteiger partial charge in [-0.25, -0.2) is 4.85 Å². The maximum Gasteiger partial charge on any atom is 0.231 e. The Bertz CT molecular complexity index is 2360. The number of hydrogen-bond donors (Lipinski definition) is 0. The zero-order valence-electron chi connectivity index (χ0n) is 30.0. The van der Waals surface area contributed by atoms with Crippen LogP contribution in [0.3, 0.4) is 0 Å². The van der Waals surface area contributed by atoms with Crippen LogP contribution >= 0.6 is 31.9 Å². The minimum atomic E-state index is 0.0525. The Balaban J connectivity index is 1.16. The summed E-state index contributed by atoms with van der Waals surface area (Å²) in [5, 5.41) is 9.18. The first-order valence-electron chi connectivity index (χ1n) is 16.9. The van der Waals surface area contributed by atoms with Crippen LogP contribution in [0.25, 0.3) is 16.0 Å². The Kier molecular flexibility index (Phi) is 12.8. The van der Waals surface area contributed by atoms with Crippen LogP contribution in [0.2, 0.25) is 0 Å². The van der Waals surface area contributed by atoms with Crippen LogP contribution in [0, 0.1) is 31.8 Å². The van der Waals surface area contributed by atoms with Gasteiger partial charge in [0.05, 0.1) is 32.2 Å². The highest BCUT2D eigenvalue weighted by molar-refractivity contribution is 9.10. The van der Waals surface area contributed by atoms with Gasteiger partial charge in [-0.05, 0) is 109 Å². The molecule has 0 radical (unpaired) electrons. The molecule has 0 aliphatic carbocycles. The third kappa shape index (κ3) is 9.24. The molecule has 0 unspecified atom stereocenters. The molecule has 278 valence electrons. The number of ether oxygens (including phenoxy) is 4. The third-order valence-electron chi connectivity index (χ3n) is 8.62. The molecule has 0 atom stereocenters. The molecule has 14 heteroatoms. The fraction of sp³-hybridized carbons (Fsp3) is 0.143. The van der Waals surface area contributed by atoms with Gasteiger partial charge in [-0.3, -0.25) is 19.6 Å². The smallest absolute Gasteiger partial charge is 0.231 e. The van der Waals surface area contributed by atoms with Crippen LogP contribution in [-0.4, -0.2) is 32.5 Å². The van der Waals surface area contributed by atoms with Crippen LogP contribution in [-0.2, 0) is 26.4 Å². The second-order valence-electron chi connectivity index (χ2n) is 12.3. The van der Waals surface area contributed by atoms with E-state index in [-0.39, 0.29) is 61.1 Å². The maximum absolute atomic E-state index is 11.8. The maximum atomic E-state index is 11.8. The highest BCUT2D eigenvalue weighted by Gasteiger charge is 2.17. The Morgan fingerprint density at radius 3 is 1.64 bits per heavy atom. The normalized spacial score (nSPS) is 10.5. The van der Waals surface area contributed by atoms with Crippen LogP contribution in [0.15, 0.2) is 94.4 Å². The van der Waals surface area contributed by atoms with Crippen molar-refractivity contribution in [1.82, 2.24) is 19.9 Å². The molecule has 2 aromatic carbocycles. The van der Waals surface area contributed by atoms with Crippen LogP contribution in [0.5, 0.6) is 23.5 Å². The fourth-order valence-electron chi connectivity index (χ4n) is 5.64. The number of halogens is 2. The number of pyridine rings is 4. The lowest BCUT2D eigenvalue weighted by Crippen LogP contribution is -2.06. The lowest BCUT2D eigenvalue weighted by Gasteiger charge is -2.17. The van der Waals surface area contributed by atoms with Crippen molar-refractivity contribution in [1.29, 1.82) is 5.26 Å². The van der Waals surface area contributed by atoms with Gasteiger partial charge in [0.25, 0.3) is 0 Å². The first kappa shape index (κ1) is 39.2. The molecule has 0 aliphatic heterocycles. The summed E-state index contributed by atoms with van der Waals surface area (Å²) in [5.74, 6) is 0.679. The van der Waals surface area contributed by atoms with E-state index >= 15 is 0 Å². The number of carbonyl (C=O) groups is 2. The molecule has 0 spiro atoms. The summed E-state index contributed by atoms with van der Waals surface area (Å²) >= 11 is 6.93. The Labute approximate surface area is 339 Å². The van der Waals surface area contributed by atoms with Crippen molar-refractivity contribution >= 4 is 50.1 Å². The molecule has 0 saturated carbocycles. The molecule has 6 aromatic rings. The Hall–Kier alpha value is -6.48. The number of rotatable bonds is 15. The molecule has 4 heterocycles. The predicted molar refractivity (Wildman–Crippen MR) is 213 cm³/mol. The number of carbonyl (C=O) groups excluding carboxylic acids is 2. The summed E-state index contributed by atoms with van der Waals surface area (Å²) in [6.45, 7) is 11.7. The van der Waals surface area contributed by atoms with Crippen molar-refractivity contribution in [2.75, 3.05) is 0 Å². The molecule has 0 amide bonds. The fourth-order valence-corrected chi connectivity index (χ4v) is 6.54. The summed E-state index contributed by atoms with van der Waals surface area (Å²) in [4.78, 5) is 44.1. The van der Waals surface area contributed by atoms with E-state index in [0.717, 1.165) is 33.4 Å². The first-order chi connectivity index (χ1) is 27.2. The molecular weight excluding hydrogens is 844 g/mol. The Morgan fingerprint density at radius 2 is 1.16 bits per heavy atom. The first-order valence-corrected chi connectivity index (χ1v) is 18.4. The van der Waals surface area contributed by atoms with E-state index in [1.54, 1.807) is 36.7 Å². The summed E-state index contributed by atoms with van der Waals surface area (Å²) < 4.78 is 25.0. The second-order valence-corrected chi connectivity index (χ2v) is 14.0. The third-order valence-corrected chi connectivity index (χ3v) is 9.76. The molecule has 4 aromatic heterocycles. The zero-order chi connectivity index (χ0) is 39.6. The van der Waals surface area contributed by atoms with Gasteiger partial charge in [-0.1, -0.05) is 36.4 Å². The van der Waals surface area contributed by atoms with Crippen molar-refractivity contribution in [2.24, 2.45) is 0 Å². The van der Waals surface area contributed by atoms with E-state index in [0.29, 0.717) is 43.9 Å². The second kappa shape index (κ2) is 18.2. The largest absolute Gasteiger partial charge is 0.472 e. The standard InChI is InChI=1S/C42H30Br2N6O6/c1-25-30(23-55-41-37(43)12-32(19-51)39(49-41)53-21-28-10-27(14-45)15-47-16-28)6-4-8-35(25)36-9-5-7-31(26(36)2)24-56-42-38(44)13-33(20-52)40(50-42)54-22-29-11-34(46-3)18-48-17-29/h4-13,15-20H,21-24H2,1-2H3. The predicted octanol–water partition coefficient (Wildman–Crippen LogP) is 9.44. The highest BCUT2D eigenvalue weighted by Crippen LogP contribution is 2.34. The molecule has 6 rings (SSSR count). The number of hydrogen-bond acceptors (Lipinski definition) is 11. The van der Waals surface area contributed by atoms with Crippen LogP contribution < -0.4 is 18.9 Å². The van der Waals surface area contributed by atoms with E-state index in [4.69, 9.17) is 25.5 Å². The van der Waals surface area contributed by atoms with Gasteiger partial charge >= 0.3 is 0 Å². The van der Waals surface area contributed by atoms with Crippen molar-refractivity contribution in [3.8, 4) is 40.7 Å².